The molecule has 0 radical (unpaired) electrons. The molecule has 0 unspecified atom stereocenters. The van der Waals surface area contributed by atoms with E-state index in [0.29, 0.717) is 0 Å². The Balaban J connectivity index is 2.20. The maximum Gasteiger partial charge on any atom is 0.0736 e. The molecule has 23 heavy (non-hydrogen) atoms. The van der Waals surface area contributed by atoms with Gasteiger partial charge in [-0.2, -0.15) is 0 Å². The van der Waals surface area contributed by atoms with Gasteiger partial charge in [-0.25, -0.2) is 4.98 Å². The molecule has 0 aliphatic heterocycles. The third-order valence-electron chi connectivity index (χ3n) is 4.27. The number of fused-ring (bicyclic) bond motifs is 2. The molecule has 0 saturated heterocycles. The molecular weight excluding hydrogens is 282 g/mol. The summed E-state index contributed by atoms with van der Waals surface area (Å²) >= 11 is 0. The fraction of sp³-hybridized carbons (Fsp3) is 0.0500. The van der Waals surface area contributed by atoms with Gasteiger partial charge in [-0.15, -0.1) is 0 Å². The SMILES string of the molecule is Cc1cc2c(-c3ccc(N)cc3)c3ccccc3nc2cc1N. The third-order valence-corrected chi connectivity index (χ3v) is 4.27. The van der Waals surface area contributed by atoms with Gasteiger partial charge in [-0.1, -0.05) is 30.3 Å². The Bertz CT molecular complexity index is 1030. The topological polar surface area (TPSA) is 64.9 Å². The number of aryl methyl sites for hydroxylation is 1. The van der Waals surface area contributed by atoms with Gasteiger partial charge >= 0.3 is 0 Å². The molecule has 3 heteroatoms. The van der Waals surface area contributed by atoms with E-state index in [0.717, 1.165) is 44.3 Å². The third kappa shape index (κ3) is 2.18. The molecule has 0 spiro atoms. The van der Waals surface area contributed by atoms with Crippen LogP contribution in [0.4, 0.5) is 11.4 Å². The van der Waals surface area contributed by atoms with Crippen LogP contribution in [0.15, 0.2) is 60.7 Å². The number of rotatable bonds is 1. The molecule has 4 N–H and O–H groups in total. The van der Waals surface area contributed by atoms with Gasteiger partial charge in [0.2, 0.25) is 0 Å². The van der Waals surface area contributed by atoms with Crippen LogP contribution >= 0.6 is 0 Å². The smallest absolute Gasteiger partial charge is 0.0736 e. The highest BCUT2D eigenvalue weighted by atomic mass is 14.7. The zero-order valence-electron chi connectivity index (χ0n) is 12.9. The lowest BCUT2D eigenvalue weighted by molar-refractivity contribution is 1.45. The van der Waals surface area contributed by atoms with E-state index in [-0.39, 0.29) is 0 Å². The quantitative estimate of drug-likeness (QED) is 0.401. The minimum Gasteiger partial charge on any atom is -0.399 e. The molecule has 3 nitrogen and oxygen atoms in total. The molecule has 0 fully saturated rings. The molecule has 1 heterocycles. The summed E-state index contributed by atoms with van der Waals surface area (Å²) in [4.78, 5) is 4.78. The van der Waals surface area contributed by atoms with Crippen LogP contribution in [0.2, 0.25) is 0 Å². The number of benzene rings is 3. The summed E-state index contributed by atoms with van der Waals surface area (Å²) in [6, 6.07) is 20.2. The van der Waals surface area contributed by atoms with E-state index in [1.165, 1.54) is 5.56 Å². The number of anilines is 2. The molecule has 1 aromatic heterocycles. The number of aromatic nitrogens is 1. The molecule has 0 amide bonds. The Morgan fingerprint density at radius 3 is 2.30 bits per heavy atom. The highest BCUT2D eigenvalue weighted by Gasteiger charge is 2.12. The Labute approximate surface area is 134 Å². The minimum absolute atomic E-state index is 0.761. The summed E-state index contributed by atoms with van der Waals surface area (Å²) in [5, 5.41) is 2.24. The van der Waals surface area contributed by atoms with E-state index < -0.39 is 0 Å². The summed E-state index contributed by atoms with van der Waals surface area (Å²) in [7, 11) is 0. The van der Waals surface area contributed by atoms with E-state index in [1.54, 1.807) is 0 Å². The summed E-state index contributed by atoms with van der Waals surface area (Å²) < 4.78 is 0. The van der Waals surface area contributed by atoms with Gasteiger partial charge in [-0.05, 0) is 48.4 Å². The fourth-order valence-electron chi connectivity index (χ4n) is 3.02. The monoisotopic (exact) mass is 299 g/mol. The number of pyridine rings is 1. The molecule has 0 bridgehead atoms. The van der Waals surface area contributed by atoms with Crippen molar-refractivity contribution >= 4 is 33.2 Å². The average molecular weight is 299 g/mol. The zero-order valence-corrected chi connectivity index (χ0v) is 12.9. The molecule has 4 rings (SSSR count). The van der Waals surface area contributed by atoms with Crippen molar-refractivity contribution in [3.63, 3.8) is 0 Å². The van der Waals surface area contributed by atoms with Gasteiger partial charge in [-0.3, -0.25) is 0 Å². The highest BCUT2D eigenvalue weighted by Crippen LogP contribution is 2.36. The average Bonchev–Trinajstić information content (AvgIpc) is 2.55. The predicted octanol–water partition coefficient (Wildman–Crippen LogP) is 4.53. The van der Waals surface area contributed by atoms with Crippen LogP contribution in [0.25, 0.3) is 32.9 Å². The molecule has 0 aliphatic rings. The van der Waals surface area contributed by atoms with E-state index in [2.05, 4.69) is 24.3 Å². The van der Waals surface area contributed by atoms with Crippen LogP contribution in [-0.4, -0.2) is 4.98 Å². The Hall–Kier alpha value is -3.07. The van der Waals surface area contributed by atoms with Crippen molar-refractivity contribution < 1.29 is 0 Å². The largest absolute Gasteiger partial charge is 0.399 e. The van der Waals surface area contributed by atoms with Crippen molar-refractivity contribution in [1.82, 2.24) is 4.98 Å². The standard InChI is InChI=1S/C20H17N3/c1-12-10-16-19(11-17(12)22)23-18-5-3-2-4-15(18)20(16)13-6-8-14(21)9-7-13/h2-11H,21-22H2,1H3. The lowest BCUT2D eigenvalue weighted by atomic mass is 9.95. The molecule has 0 saturated carbocycles. The van der Waals surface area contributed by atoms with Gasteiger partial charge in [0.05, 0.1) is 11.0 Å². The second-order valence-electron chi connectivity index (χ2n) is 5.85. The predicted molar refractivity (Wildman–Crippen MR) is 98.2 cm³/mol. The lowest BCUT2D eigenvalue weighted by Gasteiger charge is -2.13. The van der Waals surface area contributed by atoms with Crippen molar-refractivity contribution in [2.45, 2.75) is 6.92 Å². The first-order chi connectivity index (χ1) is 11.1. The van der Waals surface area contributed by atoms with Crippen molar-refractivity contribution in [1.29, 1.82) is 0 Å². The fourth-order valence-corrected chi connectivity index (χ4v) is 3.02. The van der Waals surface area contributed by atoms with Crippen molar-refractivity contribution in [2.24, 2.45) is 0 Å². The second kappa shape index (κ2) is 4.99. The van der Waals surface area contributed by atoms with Crippen LogP contribution < -0.4 is 11.5 Å². The van der Waals surface area contributed by atoms with Gasteiger partial charge in [0.15, 0.2) is 0 Å². The minimum atomic E-state index is 0.761. The van der Waals surface area contributed by atoms with Gasteiger partial charge in [0, 0.05) is 27.7 Å². The molecular formula is C20H17N3. The summed E-state index contributed by atoms with van der Waals surface area (Å²) in [5.41, 5.74) is 18.7. The van der Waals surface area contributed by atoms with Crippen LogP contribution in [0.5, 0.6) is 0 Å². The van der Waals surface area contributed by atoms with Crippen molar-refractivity contribution in [3.05, 3.63) is 66.2 Å². The first kappa shape index (κ1) is 13.6. The van der Waals surface area contributed by atoms with E-state index >= 15 is 0 Å². The van der Waals surface area contributed by atoms with Crippen molar-refractivity contribution in [2.75, 3.05) is 11.5 Å². The van der Waals surface area contributed by atoms with Gasteiger partial charge < -0.3 is 11.5 Å². The van der Waals surface area contributed by atoms with Gasteiger partial charge in [0.1, 0.15) is 0 Å². The van der Waals surface area contributed by atoms with Crippen LogP contribution in [0.3, 0.4) is 0 Å². The number of nitrogens with zero attached hydrogens (tertiary/aromatic N) is 1. The Morgan fingerprint density at radius 2 is 1.52 bits per heavy atom. The number of nitrogen functional groups attached to an aromatic ring is 2. The number of nitrogens with two attached hydrogens (primary N) is 2. The zero-order chi connectivity index (χ0) is 16.0. The normalized spacial score (nSPS) is 11.2. The summed E-state index contributed by atoms with van der Waals surface area (Å²) in [6.07, 6.45) is 0. The van der Waals surface area contributed by atoms with E-state index in [4.69, 9.17) is 16.5 Å². The summed E-state index contributed by atoms with van der Waals surface area (Å²) in [5.74, 6) is 0. The first-order valence-electron chi connectivity index (χ1n) is 7.58. The Morgan fingerprint density at radius 1 is 0.783 bits per heavy atom. The summed E-state index contributed by atoms with van der Waals surface area (Å²) in [6.45, 7) is 2.02. The molecule has 0 atom stereocenters. The van der Waals surface area contributed by atoms with E-state index in [1.807, 2.05) is 43.3 Å². The molecule has 3 aromatic carbocycles. The molecule has 112 valence electrons. The molecule has 4 aromatic rings. The number of hydrogen-bond acceptors (Lipinski definition) is 3. The van der Waals surface area contributed by atoms with E-state index in [9.17, 15) is 0 Å². The second-order valence-corrected chi connectivity index (χ2v) is 5.85. The lowest BCUT2D eigenvalue weighted by Crippen LogP contribution is -1.94. The maximum absolute atomic E-state index is 6.08. The number of hydrogen-bond donors (Lipinski definition) is 2. The highest BCUT2D eigenvalue weighted by molar-refractivity contribution is 6.10. The van der Waals surface area contributed by atoms with Crippen LogP contribution in [-0.2, 0) is 0 Å². The van der Waals surface area contributed by atoms with Crippen LogP contribution in [0.1, 0.15) is 5.56 Å². The molecule has 0 aliphatic carbocycles. The van der Waals surface area contributed by atoms with Crippen LogP contribution in [0, 0.1) is 6.92 Å². The number of para-hydroxylation sites is 1. The van der Waals surface area contributed by atoms with Crippen molar-refractivity contribution in [3.8, 4) is 11.1 Å². The first-order valence-corrected chi connectivity index (χ1v) is 7.58. The maximum atomic E-state index is 6.08. The Kier molecular flexibility index (Phi) is 2.95. The van der Waals surface area contributed by atoms with Gasteiger partial charge in [0.25, 0.3) is 0 Å².